The molecule has 2 aromatic carbocycles. The largest absolute Gasteiger partial charge is 0.465 e. The van der Waals surface area contributed by atoms with E-state index in [9.17, 15) is 22.0 Å². The number of rotatable bonds is 4. The average molecular weight is 376 g/mol. The van der Waals surface area contributed by atoms with Gasteiger partial charge in [0.2, 0.25) is 0 Å². The Labute approximate surface area is 142 Å². The Bertz CT molecular complexity index is 916. The van der Waals surface area contributed by atoms with Crippen molar-refractivity contribution in [2.24, 2.45) is 0 Å². The van der Waals surface area contributed by atoms with E-state index in [4.69, 9.17) is 11.6 Å². The van der Waals surface area contributed by atoms with Gasteiger partial charge < -0.3 is 4.74 Å². The molecule has 128 valence electrons. The van der Waals surface area contributed by atoms with Crippen molar-refractivity contribution >= 4 is 33.3 Å². The van der Waals surface area contributed by atoms with Crippen molar-refractivity contribution in [2.45, 2.75) is 11.8 Å². The van der Waals surface area contributed by atoms with Crippen LogP contribution in [0.4, 0.5) is 14.5 Å². The molecule has 9 heteroatoms. The maximum atomic E-state index is 13.9. The van der Waals surface area contributed by atoms with Gasteiger partial charge >= 0.3 is 5.97 Å². The number of carbonyl (C=O) groups is 1. The molecule has 0 unspecified atom stereocenters. The Morgan fingerprint density at radius 3 is 2.42 bits per heavy atom. The molecule has 2 rings (SSSR count). The first kappa shape index (κ1) is 18.2. The van der Waals surface area contributed by atoms with Crippen molar-refractivity contribution in [1.82, 2.24) is 0 Å². The van der Waals surface area contributed by atoms with Crippen LogP contribution < -0.4 is 4.72 Å². The number of ether oxygens (including phenoxy) is 1. The van der Waals surface area contributed by atoms with Crippen molar-refractivity contribution in [3.8, 4) is 0 Å². The lowest BCUT2D eigenvalue weighted by Gasteiger charge is -2.12. The van der Waals surface area contributed by atoms with E-state index < -0.39 is 38.1 Å². The molecule has 0 amide bonds. The molecule has 0 saturated carbocycles. The highest BCUT2D eigenvalue weighted by Crippen LogP contribution is 2.27. The number of carbonyl (C=O) groups excluding carboxylic acids is 1. The van der Waals surface area contributed by atoms with Gasteiger partial charge in [0.25, 0.3) is 10.0 Å². The Morgan fingerprint density at radius 2 is 1.83 bits per heavy atom. The highest BCUT2D eigenvalue weighted by molar-refractivity contribution is 7.92. The number of hydrogen-bond donors (Lipinski definition) is 1. The minimum absolute atomic E-state index is 0.0191. The van der Waals surface area contributed by atoms with E-state index in [2.05, 4.69) is 9.46 Å². The lowest BCUT2D eigenvalue weighted by molar-refractivity contribution is 0.0595. The van der Waals surface area contributed by atoms with Crippen LogP contribution in [0, 0.1) is 18.6 Å². The van der Waals surface area contributed by atoms with Crippen LogP contribution in [0.25, 0.3) is 0 Å². The van der Waals surface area contributed by atoms with E-state index in [0.717, 1.165) is 12.7 Å². The van der Waals surface area contributed by atoms with Gasteiger partial charge in [-0.2, -0.15) is 0 Å². The second-order valence-electron chi connectivity index (χ2n) is 4.84. The molecular weight excluding hydrogens is 364 g/mol. The summed E-state index contributed by atoms with van der Waals surface area (Å²) in [7, 11) is -3.45. The second-order valence-corrected chi connectivity index (χ2v) is 6.90. The van der Waals surface area contributed by atoms with E-state index in [1.807, 2.05) is 0 Å². The van der Waals surface area contributed by atoms with E-state index >= 15 is 0 Å². The average Bonchev–Trinajstić information content (AvgIpc) is 2.49. The van der Waals surface area contributed by atoms with Crippen LogP contribution in [0.3, 0.4) is 0 Å². The maximum absolute atomic E-state index is 13.9. The lowest BCUT2D eigenvalue weighted by Crippen LogP contribution is -2.17. The molecule has 0 spiro atoms. The van der Waals surface area contributed by atoms with Crippen LogP contribution in [0.15, 0.2) is 35.2 Å². The maximum Gasteiger partial charge on any atom is 0.340 e. The first-order valence-corrected chi connectivity index (χ1v) is 8.38. The summed E-state index contributed by atoms with van der Waals surface area (Å²) in [5, 5.41) is 0.106. The third-order valence-corrected chi connectivity index (χ3v) is 4.78. The molecule has 0 bridgehead atoms. The summed E-state index contributed by atoms with van der Waals surface area (Å²) < 4.78 is 58.7. The van der Waals surface area contributed by atoms with Gasteiger partial charge in [0.1, 0.15) is 16.5 Å². The zero-order valence-electron chi connectivity index (χ0n) is 12.6. The molecule has 0 aliphatic heterocycles. The van der Waals surface area contributed by atoms with Crippen molar-refractivity contribution in [3.05, 3.63) is 58.1 Å². The molecule has 0 aromatic heterocycles. The molecule has 0 saturated heterocycles. The molecule has 0 radical (unpaired) electrons. The molecular formula is C15H12ClF2NO4S. The normalized spacial score (nSPS) is 11.2. The number of benzene rings is 2. The summed E-state index contributed by atoms with van der Waals surface area (Å²) in [4.78, 5) is 10.6. The monoisotopic (exact) mass is 375 g/mol. The van der Waals surface area contributed by atoms with Gasteiger partial charge in [0.05, 0.1) is 23.4 Å². The third kappa shape index (κ3) is 3.65. The molecule has 0 aliphatic rings. The van der Waals surface area contributed by atoms with E-state index in [1.165, 1.54) is 12.1 Å². The number of hydrogen-bond acceptors (Lipinski definition) is 4. The number of methoxy groups -OCH3 is 1. The van der Waals surface area contributed by atoms with Gasteiger partial charge in [-0.1, -0.05) is 17.7 Å². The van der Waals surface area contributed by atoms with Gasteiger partial charge in [-0.3, -0.25) is 4.72 Å². The summed E-state index contributed by atoms with van der Waals surface area (Å²) in [6.07, 6.45) is 0. The first-order chi connectivity index (χ1) is 11.2. The molecule has 0 aliphatic carbocycles. The van der Waals surface area contributed by atoms with Gasteiger partial charge in [-0.15, -0.1) is 0 Å². The van der Waals surface area contributed by atoms with Gasteiger partial charge in [0.15, 0.2) is 0 Å². The Balaban J connectivity index is 2.51. The second kappa shape index (κ2) is 6.74. The quantitative estimate of drug-likeness (QED) is 0.830. The molecule has 0 fully saturated rings. The van der Waals surface area contributed by atoms with Crippen LogP contribution in [-0.2, 0) is 14.8 Å². The summed E-state index contributed by atoms with van der Waals surface area (Å²) in [5.41, 5.74) is 0.115. The first-order valence-electron chi connectivity index (χ1n) is 6.52. The highest BCUT2D eigenvalue weighted by atomic mass is 35.5. The van der Waals surface area contributed by atoms with Crippen LogP contribution in [-0.4, -0.2) is 21.5 Å². The molecule has 1 N–H and O–H groups in total. The molecule has 0 atom stereocenters. The fraction of sp³-hybridized carbons (Fsp3) is 0.133. The molecule has 24 heavy (non-hydrogen) atoms. The number of anilines is 1. The fourth-order valence-electron chi connectivity index (χ4n) is 1.90. The number of nitrogens with one attached hydrogen (secondary N) is 1. The van der Waals surface area contributed by atoms with Gasteiger partial charge in [-0.25, -0.2) is 22.0 Å². The van der Waals surface area contributed by atoms with E-state index in [0.29, 0.717) is 12.1 Å². The third-order valence-electron chi connectivity index (χ3n) is 3.09. The van der Waals surface area contributed by atoms with E-state index in [1.54, 1.807) is 13.0 Å². The zero-order valence-corrected chi connectivity index (χ0v) is 14.1. The highest BCUT2D eigenvalue weighted by Gasteiger charge is 2.25. The number of sulfonamides is 1. The number of esters is 1. The van der Waals surface area contributed by atoms with Crippen LogP contribution in [0.1, 0.15) is 15.9 Å². The Kier molecular flexibility index (Phi) is 5.10. The fourth-order valence-corrected chi connectivity index (χ4v) is 3.41. The summed E-state index contributed by atoms with van der Waals surface area (Å²) in [6, 6.07) is 5.39. The lowest BCUT2D eigenvalue weighted by atomic mass is 10.2. The minimum atomic E-state index is -4.44. The minimum Gasteiger partial charge on any atom is -0.465 e. The van der Waals surface area contributed by atoms with Gasteiger partial charge in [-0.05, 0) is 30.7 Å². The Hall–Kier alpha value is -2.19. The molecule has 5 nitrogen and oxygen atoms in total. The summed E-state index contributed by atoms with van der Waals surface area (Å²) >= 11 is 5.94. The summed E-state index contributed by atoms with van der Waals surface area (Å²) in [6.45, 7) is 1.76. The van der Waals surface area contributed by atoms with Crippen molar-refractivity contribution in [2.75, 3.05) is 11.8 Å². The Morgan fingerprint density at radius 1 is 1.17 bits per heavy atom. The van der Waals surface area contributed by atoms with Crippen molar-refractivity contribution < 1.29 is 26.7 Å². The summed E-state index contributed by atoms with van der Waals surface area (Å²) in [5.74, 6) is -3.71. The van der Waals surface area contributed by atoms with Crippen molar-refractivity contribution in [1.29, 1.82) is 0 Å². The number of halogens is 3. The van der Waals surface area contributed by atoms with Crippen LogP contribution in [0.5, 0.6) is 0 Å². The van der Waals surface area contributed by atoms with Crippen molar-refractivity contribution in [3.63, 3.8) is 0 Å². The molecule has 2 aromatic rings. The predicted molar refractivity (Wildman–Crippen MR) is 84.7 cm³/mol. The standard InChI is InChI=1S/C15H12ClF2NO4S/c1-8-3-4-13(10(16)5-8)19-24(21,22)14-6-9(15(20)23-2)11(17)7-12(14)18/h3-7,19H,1-2H3. The number of aryl methyl sites for hydroxylation is 1. The zero-order chi connectivity index (χ0) is 18.1. The van der Waals surface area contributed by atoms with Crippen LogP contribution in [0.2, 0.25) is 5.02 Å². The van der Waals surface area contributed by atoms with Crippen LogP contribution >= 0.6 is 11.6 Å². The predicted octanol–water partition coefficient (Wildman–Crippen LogP) is 3.51. The van der Waals surface area contributed by atoms with Gasteiger partial charge in [0, 0.05) is 6.07 Å². The SMILES string of the molecule is COC(=O)c1cc(S(=O)(=O)Nc2ccc(C)cc2Cl)c(F)cc1F. The topological polar surface area (TPSA) is 72.5 Å². The van der Waals surface area contributed by atoms with E-state index in [-0.39, 0.29) is 10.7 Å². The smallest absolute Gasteiger partial charge is 0.340 e. The molecule has 0 heterocycles.